The van der Waals surface area contributed by atoms with E-state index < -0.39 is 0 Å². The van der Waals surface area contributed by atoms with Crippen LogP contribution in [0.4, 0.5) is 5.95 Å². The van der Waals surface area contributed by atoms with Gasteiger partial charge in [-0.15, -0.1) is 17.4 Å². The Morgan fingerprint density at radius 1 is 1.60 bits per heavy atom. The molecule has 0 aliphatic carbocycles. The average Bonchev–Trinajstić information content (AvgIpc) is 2.64. The van der Waals surface area contributed by atoms with Gasteiger partial charge in [0, 0.05) is 13.0 Å². The summed E-state index contributed by atoms with van der Waals surface area (Å²) in [6.07, 6.45) is 7.56. The lowest BCUT2D eigenvalue weighted by atomic mass is 10.2. The highest BCUT2D eigenvalue weighted by molar-refractivity contribution is 5.90. The fourth-order valence-electron chi connectivity index (χ4n) is 1.01. The fraction of sp³-hybridized carbons (Fsp3) is 0.444. The Bertz CT molecular complexity index is 365. The predicted octanol–water partition coefficient (Wildman–Crippen LogP) is -0.0798. The van der Waals surface area contributed by atoms with Crippen molar-refractivity contribution in [1.82, 2.24) is 20.5 Å². The molecule has 1 rings (SSSR count). The molecule has 6 nitrogen and oxygen atoms in total. The first kappa shape index (κ1) is 11.0. The summed E-state index contributed by atoms with van der Waals surface area (Å²) >= 11 is 0. The number of carbonyl (C=O) groups excluding carboxylic acids is 1. The zero-order valence-electron chi connectivity index (χ0n) is 8.29. The number of nitrogen functional groups attached to an aromatic ring is 1. The van der Waals surface area contributed by atoms with Crippen LogP contribution in [0.1, 0.15) is 29.9 Å². The van der Waals surface area contributed by atoms with Crippen LogP contribution in [0.5, 0.6) is 0 Å². The number of rotatable bonds is 5. The van der Waals surface area contributed by atoms with Crippen LogP contribution in [-0.2, 0) is 0 Å². The van der Waals surface area contributed by atoms with Gasteiger partial charge in [-0.1, -0.05) is 0 Å². The van der Waals surface area contributed by atoms with Gasteiger partial charge in [0.15, 0.2) is 0 Å². The molecule has 1 aromatic heterocycles. The average molecular weight is 207 g/mol. The lowest BCUT2D eigenvalue weighted by Crippen LogP contribution is -2.25. The van der Waals surface area contributed by atoms with E-state index in [1.807, 2.05) is 0 Å². The van der Waals surface area contributed by atoms with Crippen molar-refractivity contribution in [2.75, 3.05) is 12.3 Å². The van der Waals surface area contributed by atoms with Crippen LogP contribution in [0.15, 0.2) is 0 Å². The second-order valence-corrected chi connectivity index (χ2v) is 2.96. The molecule has 0 aliphatic rings. The molecular weight excluding hydrogens is 194 g/mol. The number of nitrogens with one attached hydrogen (secondary N) is 2. The zero-order valence-corrected chi connectivity index (χ0v) is 8.29. The monoisotopic (exact) mass is 207 g/mol. The van der Waals surface area contributed by atoms with Crippen LogP contribution in [-0.4, -0.2) is 27.6 Å². The second kappa shape index (κ2) is 5.65. The molecule has 15 heavy (non-hydrogen) atoms. The molecule has 0 saturated heterocycles. The third kappa shape index (κ3) is 3.68. The van der Waals surface area contributed by atoms with Gasteiger partial charge >= 0.3 is 0 Å². The molecule has 0 atom stereocenters. The van der Waals surface area contributed by atoms with Crippen molar-refractivity contribution in [3.05, 3.63) is 5.82 Å². The van der Waals surface area contributed by atoms with Gasteiger partial charge in [0.2, 0.25) is 11.8 Å². The molecule has 4 N–H and O–H groups in total. The fourth-order valence-corrected chi connectivity index (χ4v) is 1.01. The van der Waals surface area contributed by atoms with Crippen LogP contribution in [0.3, 0.4) is 0 Å². The molecule has 1 heterocycles. The number of amides is 1. The summed E-state index contributed by atoms with van der Waals surface area (Å²) in [6, 6.07) is 0. The van der Waals surface area contributed by atoms with E-state index in [1.165, 1.54) is 0 Å². The van der Waals surface area contributed by atoms with Crippen molar-refractivity contribution < 1.29 is 4.79 Å². The molecular formula is C9H13N5O. The Morgan fingerprint density at radius 3 is 3.00 bits per heavy atom. The van der Waals surface area contributed by atoms with Gasteiger partial charge in [-0.05, 0) is 12.8 Å². The molecule has 0 unspecified atom stereocenters. The Kier molecular flexibility index (Phi) is 4.16. The Balaban J connectivity index is 2.23. The van der Waals surface area contributed by atoms with E-state index in [4.69, 9.17) is 12.2 Å². The third-order valence-electron chi connectivity index (χ3n) is 1.75. The zero-order chi connectivity index (χ0) is 11.1. The highest BCUT2D eigenvalue weighted by Gasteiger charge is 2.08. The van der Waals surface area contributed by atoms with Crippen LogP contribution >= 0.6 is 0 Å². The van der Waals surface area contributed by atoms with E-state index in [9.17, 15) is 4.79 Å². The van der Waals surface area contributed by atoms with Crippen molar-refractivity contribution >= 4 is 11.9 Å². The Labute approximate surface area is 87.7 Å². The maximum Gasteiger partial charge on any atom is 0.288 e. The lowest BCUT2D eigenvalue weighted by Gasteiger charge is -2.00. The predicted molar refractivity (Wildman–Crippen MR) is 55.8 cm³/mol. The minimum atomic E-state index is -0.306. The minimum absolute atomic E-state index is 0.0625. The van der Waals surface area contributed by atoms with Crippen molar-refractivity contribution in [2.24, 2.45) is 0 Å². The molecule has 0 fully saturated rings. The number of H-pyrrole nitrogens is 1. The lowest BCUT2D eigenvalue weighted by molar-refractivity contribution is 0.0943. The summed E-state index contributed by atoms with van der Waals surface area (Å²) in [7, 11) is 0. The van der Waals surface area contributed by atoms with E-state index in [-0.39, 0.29) is 17.7 Å². The Morgan fingerprint density at radius 2 is 2.40 bits per heavy atom. The number of unbranched alkanes of at least 4 members (excludes halogenated alkanes) is 2. The van der Waals surface area contributed by atoms with Crippen LogP contribution in [0.2, 0.25) is 0 Å². The highest BCUT2D eigenvalue weighted by atomic mass is 16.2. The summed E-state index contributed by atoms with van der Waals surface area (Å²) in [5, 5.41) is 8.65. The van der Waals surface area contributed by atoms with Gasteiger partial charge in [-0.3, -0.25) is 9.89 Å². The van der Waals surface area contributed by atoms with Crippen LogP contribution in [0, 0.1) is 12.3 Å². The minimum Gasteiger partial charge on any atom is -0.366 e. The van der Waals surface area contributed by atoms with Gasteiger partial charge in [-0.25, -0.2) is 0 Å². The number of anilines is 1. The topological polar surface area (TPSA) is 96.7 Å². The van der Waals surface area contributed by atoms with Crippen LogP contribution in [0.25, 0.3) is 0 Å². The summed E-state index contributed by atoms with van der Waals surface area (Å²) in [5.41, 5.74) is 5.26. The molecule has 1 aromatic rings. The van der Waals surface area contributed by atoms with E-state index >= 15 is 0 Å². The van der Waals surface area contributed by atoms with Gasteiger partial charge < -0.3 is 11.1 Å². The number of nitrogens with two attached hydrogens (primary N) is 1. The molecule has 0 radical (unpaired) electrons. The number of hydrogen-bond acceptors (Lipinski definition) is 4. The molecule has 6 heteroatoms. The molecule has 0 bridgehead atoms. The van der Waals surface area contributed by atoms with Gasteiger partial charge in [0.1, 0.15) is 0 Å². The summed E-state index contributed by atoms with van der Waals surface area (Å²) in [4.78, 5) is 15.0. The number of terminal acetylenes is 1. The van der Waals surface area contributed by atoms with Gasteiger partial charge in [-0.2, -0.15) is 4.98 Å². The Hall–Kier alpha value is -2.03. The smallest absolute Gasteiger partial charge is 0.288 e. The molecule has 0 spiro atoms. The number of aromatic nitrogens is 3. The van der Waals surface area contributed by atoms with Gasteiger partial charge in [0.05, 0.1) is 0 Å². The summed E-state index contributed by atoms with van der Waals surface area (Å²) in [5.74, 6) is 2.42. The third-order valence-corrected chi connectivity index (χ3v) is 1.75. The number of hydrogen-bond donors (Lipinski definition) is 3. The van der Waals surface area contributed by atoms with Crippen molar-refractivity contribution in [3.8, 4) is 12.3 Å². The maximum absolute atomic E-state index is 11.3. The standard InChI is InChI=1S/C9H13N5O/c1-2-3-4-5-6-11-8(15)7-12-9(10)14-13-7/h1H,3-6H2,(H,11,15)(H3,10,12,13,14). The first-order valence-electron chi connectivity index (χ1n) is 4.63. The SMILES string of the molecule is C#CCCCCNC(=O)c1nc(N)n[nH]1. The molecule has 80 valence electrons. The number of carbonyl (C=O) groups is 1. The van der Waals surface area contributed by atoms with E-state index in [1.54, 1.807) is 0 Å². The summed E-state index contributed by atoms with van der Waals surface area (Å²) < 4.78 is 0. The van der Waals surface area contributed by atoms with Crippen molar-refractivity contribution in [1.29, 1.82) is 0 Å². The maximum atomic E-state index is 11.3. The van der Waals surface area contributed by atoms with Gasteiger partial charge in [0.25, 0.3) is 5.91 Å². The number of nitrogens with zero attached hydrogens (tertiary/aromatic N) is 2. The number of aromatic amines is 1. The molecule has 1 amide bonds. The van der Waals surface area contributed by atoms with Crippen molar-refractivity contribution in [2.45, 2.75) is 19.3 Å². The van der Waals surface area contributed by atoms with Crippen LogP contribution < -0.4 is 11.1 Å². The largest absolute Gasteiger partial charge is 0.366 e. The molecule has 0 aliphatic heterocycles. The van der Waals surface area contributed by atoms with Crippen molar-refractivity contribution in [3.63, 3.8) is 0 Å². The summed E-state index contributed by atoms with van der Waals surface area (Å²) in [6.45, 7) is 0.571. The highest BCUT2D eigenvalue weighted by Crippen LogP contribution is 1.94. The first-order valence-corrected chi connectivity index (χ1v) is 4.63. The first-order chi connectivity index (χ1) is 7.24. The molecule has 0 saturated carbocycles. The van der Waals surface area contributed by atoms with E-state index in [2.05, 4.69) is 26.4 Å². The molecule has 0 aromatic carbocycles. The van der Waals surface area contributed by atoms with E-state index in [0.29, 0.717) is 6.54 Å². The quantitative estimate of drug-likeness (QED) is 0.464. The van der Waals surface area contributed by atoms with E-state index in [0.717, 1.165) is 19.3 Å². The second-order valence-electron chi connectivity index (χ2n) is 2.96. The normalized spacial score (nSPS) is 9.53.